The molecule has 0 aromatic heterocycles. The monoisotopic (exact) mass is 235 g/mol. The topological polar surface area (TPSA) is 32.3 Å². The van der Waals surface area contributed by atoms with Crippen LogP contribution in [0.15, 0.2) is 12.2 Å². The number of aliphatic hydroxyl groups excluding tert-OH is 1. The molecule has 2 nitrogen and oxygen atoms in total. The Morgan fingerprint density at radius 3 is 2.59 bits per heavy atom. The van der Waals surface area contributed by atoms with Gasteiger partial charge < -0.3 is 10.4 Å². The normalized spacial score (nSPS) is 38.1. The number of hydrogen-bond acceptors (Lipinski definition) is 2. The minimum atomic E-state index is 0.216. The van der Waals surface area contributed by atoms with Gasteiger partial charge in [-0.1, -0.05) is 25.0 Å². The van der Waals surface area contributed by atoms with Gasteiger partial charge in [-0.25, -0.2) is 0 Å². The maximum atomic E-state index is 9.56. The SMILES string of the molecule is OCC1(CNCC2CC3C=CC2C3)CCCC1. The molecule has 0 saturated heterocycles. The summed E-state index contributed by atoms with van der Waals surface area (Å²) >= 11 is 0. The smallest absolute Gasteiger partial charge is 0.0499 e. The third-order valence-corrected chi connectivity index (χ3v) is 5.32. The first-order chi connectivity index (χ1) is 8.31. The predicted molar refractivity (Wildman–Crippen MR) is 69.7 cm³/mol. The Morgan fingerprint density at radius 2 is 2.00 bits per heavy atom. The second-order valence-corrected chi connectivity index (χ2v) is 6.54. The molecule has 0 amide bonds. The van der Waals surface area contributed by atoms with Gasteiger partial charge in [0.15, 0.2) is 0 Å². The van der Waals surface area contributed by atoms with E-state index in [4.69, 9.17) is 0 Å². The van der Waals surface area contributed by atoms with Gasteiger partial charge in [0.05, 0.1) is 0 Å². The van der Waals surface area contributed by atoms with Crippen molar-refractivity contribution in [3.8, 4) is 0 Å². The molecule has 17 heavy (non-hydrogen) atoms. The van der Waals surface area contributed by atoms with Crippen LogP contribution in [0.1, 0.15) is 38.5 Å². The van der Waals surface area contributed by atoms with E-state index in [2.05, 4.69) is 17.5 Å². The highest BCUT2D eigenvalue weighted by molar-refractivity contribution is 5.10. The summed E-state index contributed by atoms with van der Waals surface area (Å²) in [5, 5.41) is 13.2. The average molecular weight is 235 g/mol. The van der Waals surface area contributed by atoms with Crippen LogP contribution < -0.4 is 5.32 Å². The van der Waals surface area contributed by atoms with Crippen molar-refractivity contribution in [3.63, 3.8) is 0 Å². The lowest BCUT2D eigenvalue weighted by atomic mass is 9.86. The molecule has 0 aromatic carbocycles. The minimum Gasteiger partial charge on any atom is -0.396 e. The Balaban J connectivity index is 1.44. The molecule has 3 atom stereocenters. The fourth-order valence-electron chi connectivity index (χ4n) is 4.17. The summed E-state index contributed by atoms with van der Waals surface area (Å²) < 4.78 is 0. The molecule has 0 heterocycles. The van der Waals surface area contributed by atoms with Gasteiger partial charge in [0.1, 0.15) is 0 Å². The molecule has 0 radical (unpaired) electrons. The Hall–Kier alpha value is -0.340. The first-order valence-corrected chi connectivity index (χ1v) is 7.31. The maximum absolute atomic E-state index is 9.56. The molecule has 0 aliphatic heterocycles. The molecule has 0 aromatic rings. The minimum absolute atomic E-state index is 0.216. The molecule has 2 saturated carbocycles. The van der Waals surface area contributed by atoms with Crippen molar-refractivity contribution in [1.82, 2.24) is 5.32 Å². The molecule has 2 N–H and O–H groups in total. The van der Waals surface area contributed by atoms with Crippen LogP contribution in [0.4, 0.5) is 0 Å². The van der Waals surface area contributed by atoms with Gasteiger partial charge in [0, 0.05) is 18.6 Å². The highest BCUT2D eigenvalue weighted by atomic mass is 16.3. The maximum Gasteiger partial charge on any atom is 0.0499 e. The molecular formula is C15H25NO. The predicted octanol–water partition coefficient (Wildman–Crippen LogP) is 2.34. The van der Waals surface area contributed by atoms with Gasteiger partial charge in [-0.15, -0.1) is 0 Å². The second-order valence-electron chi connectivity index (χ2n) is 6.54. The third-order valence-electron chi connectivity index (χ3n) is 5.32. The Kier molecular flexibility index (Phi) is 3.27. The molecule has 96 valence electrons. The molecule has 2 heteroatoms. The quantitative estimate of drug-likeness (QED) is 0.717. The van der Waals surface area contributed by atoms with E-state index < -0.39 is 0 Å². The summed E-state index contributed by atoms with van der Waals surface area (Å²) in [5.41, 5.74) is 0.216. The van der Waals surface area contributed by atoms with Crippen LogP contribution in [-0.2, 0) is 0 Å². The fraction of sp³-hybridized carbons (Fsp3) is 0.867. The summed E-state index contributed by atoms with van der Waals surface area (Å²) in [5.74, 6) is 2.59. The molecule has 2 fully saturated rings. The van der Waals surface area contributed by atoms with Crippen molar-refractivity contribution >= 4 is 0 Å². The van der Waals surface area contributed by atoms with Crippen LogP contribution >= 0.6 is 0 Å². The number of nitrogens with one attached hydrogen (secondary N) is 1. The van der Waals surface area contributed by atoms with Gasteiger partial charge in [0.25, 0.3) is 0 Å². The largest absolute Gasteiger partial charge is 0.396 e. The van der Waals surface area contributed by atoms with E-state index in [0.29, 0.717) is 6.61 Å². The molecular weight excluding hydrogens is 210 g/mol. The van der Waals surface area contributed by atoms with E-state index in [1.54, 1.807) is 0 Å². The summed E-state index contributed by atoms with van der Waals surface area (Å²) in [7, 11) is 0. The lowest BCUT2D eigenvalue weighted by molar-refractivity contribution is 0.126. The van der Waals surface area contributed by atoms with Crippen LogP contribution in [0.25, 0.3) is 0 Å². The van der Waals surface area contributed by atoms with Crippen LogP contribution in [0, 0.1) is 23.2 Å². The van der Waals surface area contributed by atoms with Crippen LogP contribution in [0.2, 0.25) is 0 Å². The van der Waals surface area contributed by atoms with Crippen molar-refractivity contribution in [2.24, 2.45) is 23.2 Å². The number of allylic oxidation sites excluding steroid dienone is 2. The Labute approximate surface area is 104 Å². The van der Waals surface area contributed by atoms with Gasteiger partial charge >= 0.3 is 0 Å². The summed E-state index contributed by atoms with van der Waals surface area (Å²) in [6, 6.07) is 0. The Morgan fingerprint density at radius 1 is 1.18 bits per heavy atom. The molecule has 0 spiro atoms. The summed E-state index contributed by atoms with van der Waals surface area (Å²) in [4.78, 5) is 0. The highest BCUT2D eigenvalue weighted by Crippen LogP contribution is 2.43. The molecule has 3 unspecified atom stereocenters. The third kappa shape index (κ3) is 2.30. The highest BCUT2D eigenvalue weighted by Gasteiger charge is 2.36. The van der Waals surface area contributed by atoms with Crippen molar-refractivity contribution in [2.75, 3.05) is 19.7 Å². The second kappa shape index (κ2) is 4.74. The van der Waals surface area contributed by atoms with Gasteiger partial charge in [-0.05, 0) is 50.0 Å². The number of rotatable bonds is 5. The zero-order valence-corrected chi connectivity index (χ0v) is 10.7. The van der Waals surface area contributed by atoms with Crippen molar-refractivity contribution < 1.29 is 5.11 Å². The van der Waals surface area contributed by atoms with Gasteiger partial charge in [-0.2, -0.15) is 0 Å². The van der Waals surface area contributed by atoms with E-state index in [1.807, 2.05) is 0 Å². The molecule has 2 bridgehead atoms. The van der Waals surface area contributed by atoms with E-state index in [-0.39, 0.29) is 5.41 Å². The fourth-order valence-corrected chi connectivity index (χ4v) is 4.17. The van der Waals surface area contributed by atoms with E-state index in [9.17, 15) is 5.11 Å². The van der Waals surface area contributed by atoms with E-state index in [1.165, 1.54) is 38.5 Å². The summed E-state index contributed by atoms with van der Waals surface area (Å²) in [6.07, 6.45) is 12.7. The standard InChI is InChI=1S/C15H25NO/c17-11-15(5-1-2-6-15)10-16-9-14-8-12-3-4-13(14)7-12/h3-4,12-14,16-17H,1-2,5-11H2. The van der Waals surface area contributed by atoms with E-state index >= 15 is 0 Å². The lowest BCUT2D eigenvalue weighted by Crippen LogP contribution is -2.38. The first kappa shape index (κ1) is 11.7. The average Bonchev–Trinajstić information content (AvgIpc) is 3.05. The molecule has 3 rings (SSSR count). The zero-order chi connectivity index (χ0) is 11.7. The van der Waals surface area contributed by atoms with Crippen molar-refractivity contribution in [3.05, 3.63) is 12.2 Å². The Bertz CT molecular complexity index is 293. The van der Waals surface area contributed by atoms with Crippen LogP contribution in [-0.4, -0.2) is 24.8 Å². The van der Waals surface area contributed by atoms with Crippen molar-refractivity contribution in [1.29, 1.82) is 0 Å². The first-order valence-electron chi connectivity index (χ1n) is 7.31. The molecule has 3 aliphatic rings. The lowest BCUT2D eigenvalue weighted by Gasteiger charge is -2.28. The van der Waals surface area contributed by atoms with Gasteiger partial charge in [0.2, 0.25) is 0 Å². The van der Waals surface area contributed by atoms with E-state index in [0.717, 1.165) is 30.8 Å². The zero-order valence-electron chi connectivity index (χ0n) is 10.7. The van der Waals surface area contributed by atoms with Crippen LogP contribution in [0.5, 0.6) is 0 Å². The van der Waals surface area contributed by atoms with Crippen LogP contribution in [0.3, 0.4) is 0 Å². The number of aliphatic hydroxyl groups is 1. The summed E-state index contributed by atoms with van der Waals surface area (Å²) in [6.45, 7) is 2.56. The van der Waals surface area contributed by atoms with Gasteiger partial charge in [-0.3, -0.25) is 0 Å². The molecule has 3 aliphatic carbocycles. The number of hydrogen-bond donors (Lipinski definition) is 2. The van der Waals surface area contributed by atoms with Crippen molar-refractivity contribution in [2.45, 2.75) is 38.5 Å². The number of fused-ring (bicyclic) bond motifs is 2.